The van der Waals surface area contributed by atoms with Crippen LogP contribution in [0.15, 0.2) is 18.2 Å². The van der Waals surface area contributed by atoms with Crippen molar-refractivity contribution >= 4 is 11.6 Å². The van der Waals surface area contributed by atoms with Gasteiger partial charge in [0.2, 0.25) is 5.91 Å². The van der Waals surface area contributed by atoms with Gasteiger partial charge in [0.15, 0.2) is 0 Å². The molecule has 1 atom stereocenters. The highest BCUT2D eigenvalue weighted by molar-refractivity contribution is 5.91. The van der Waals surface area contributed by atoms with Crippen molar-refractivity contribution in [2.45, 2.75) is 12.5 Å². The minimum Gasteiger partial charge on any atom is -0.380 e. The van der Waals surface area contributed by atoms with Gasteiger partial charge in [-0.3, -0.25) is 4.79 Å². The summed E-state index contributed by atoms with van der Waals surface area (Å²) in [7, 11) is 1.49. The Hall–Kier alpha value is -2.41. The first-order valence-corrected chi connectivity index (χ1v) is 5.61. The van der Waals surface area contributed by atoms with Gasteiger partial charge < -0.3 is 15.8 Å². The molecule has 1 rings (SSSR count). The summed E-state index contributed by atoms with van der Waals surface area (Å²) in [6.07, 6.45) is -0.205. The van der Waals surface area contributed by atoms with Crippen LogP contribution in [0, 0.1) is 22.7 Å². The van der Waals surface area contributed by atoms with Crippen molar-refractivity contribution in [2.24, 2.45) is 5.73 Å². The Bertz CT molecular complexity index is 539. The van der Waals surface area contributed by atoms with E-state index >= 15 is 0 Å². The lowest BCUT2D eigenvalue weighted by Crippen LogP contribution is -2.28. The van der Waals surface area contributed by atoms with Crippen molar-refractivity contribution in [3.8, 4) is 12.1 Å². The number of methoxy groups -OCH3 is 1. The predicted octanol–water partition coefficient (Wildman–Crippen LogP) is 0.732. The van der Waals surface area contributed by atoms with E-state index in [1.165, 1.54) is 19.2 Å². The average molecular weight is 258 g/mol. The van der Waals surface area contributed by atoms with Crippen LogP contribution in [0.5, 0.6) is 0 Å². The number of nitrogens with two attached hydrogens (primary N) is 1. The first kappa shape index (κ1) is 14.7. The quantitative estimate of drug-likeness (QED) is 0.808. The van der Waals surface area contributed by atoms with Crippen LogP contribution in [0.4, 0.5) is 5.69 Å². The van der Waals surface area contributed by atoms with Crippen LogP contribution in [0.1, 0.15) is 17.5 Å². The molecule has 0 fully saturated rings. The van der Waals surface area contributed by atoms with Crippen LogP contribution in [0.3, 0.4) is 0 Å². The number of benzene rings is 1. The Morgan fingerprint density at radius 1 is 1.42 bits per heavy atom. The molecule has 0 heterocycles. The molecule has 6 heteroatoms. The van der Waals surface area contributed by atoms with Crippen LogP contribution in [0.2, 0.25) is 0 Å². The fourth-order valence-electron chi connectivity index (χ4n) is 1.49. The number of amides is 1. The summed E-state index contributed by atoms with van der Waals surface area (Å²) in [5.41, 5.74) is 6.39. The highest BCUT2D eigenvalue weighted by Crippen LogP contribution is 2.15. The standard InChI is InChI=1S/C13H14N4O2/c1-19-12(8-16)5-13(18)17-11-3-2-9(6-14)10(4-11)7-15/h2-4,12H,5,8,16H2,1H3,(H,17,18). The van der Waals surface area contributed by atoms with Crippen LogP contribution < -0.4 is 11.1 Å². The predicted molar refractivity (Wildman–Crippen MR) is 69.0 cm³/mol. The van der Waals surface area contributed by atoms with E-state index in [1.54, 1.807) is 6.07 Å². The van der Waals surface area contributed by atoms with E-state index in [2.05, 4.69) is 5.32 Å². The Morgan fingerprint density at radius 2 is 2.11 bits per heavy atom. The van der Waals surface area contributed by atoms with Crippen molar-refractivity contribution in [1.82, 2.24) is 0 Å². The molecular formula is C13H14N4O2. The molecule has 1 amide bonds. The molecule has 0 bridgehead atoms. The maximum Gasteiger partial charge on any atom is 0.227 e. The average Bonchev–Trinajstić information content (AvgIpc) is 2.44. The SMILES string of the molecule is COC(CN)CC(=O)Nc1ccc(C#N)c(C#N)c1. The van der Waals surface area contributed by atoms with Gasteiger partial charge in [0, 0.05) is 19.3 Å². The molecule has 0 saturated carbocycles. The summed E-state index contributed by atoms with van der Waals surface area (Å²) in [5.74, 6) is -0.258. The van der Waals surface area contributed by atoms with E-state index in [1.807, 2.05) is 12.1 Å². The fraction of sp³-hybridized carbons (Fsp3) is 0.308. The normalized spacial score (nSPS) is 11.2. The van der Waals surface area contributed by atoms with Crippen LogP contribution in [-0.4, -0.2) is 25.7 Å². The topological polar surface area (TPSA) is 112 Å². The van der Waals surface area contributed by atoms with Gasteiger partial charge in [-0.05, 0) is 18.2 Å². The molecule has 98 valence electrons. The molecule has 0 aliphatic carbocycles. The molecule has 1 unspecified atom stereocenters. The monoisotopic (exact) mass is 258 g/mol. The van der Waals surface area contributed by atoms with Gasteiger partial charge in [0.05, 0.1) is 23.7 Å². The smallest absolute Gasteiger partial charge is 0.227 e. The third-order valence-electron chi connectivity index (χ3n) is 2.55. The van der Waals surface area contributed by atoms with Crippen molar-refractivity contribution < 1.29 is 9.53 Å². The Balaban J connectivity index is 2.76. The molecule has 6 nitrogen and oxygen atoms in total. The lowest BCUT2D eigenvalue weighted by Gasteiger charge is -2.12. The zero-order valence-electron chi connectivity index (χ0n) is 10.5. The second kappa shape index (κ2) is 7.12. The molecule has 0 spiro atoms. The summed E-state index contributed by atoms with van der Waals surface area (Å²) in [6.45, 7) is 0.251. The maximum absolute atomic E-state index is 11.7. The minimum absolute atomic E-state index is 0.134. The fourth-order valence-corrected chi connectivity index (χ4v) is 1.49. The van der Waals surface area contributed by atoms with E-state index in [9.17, 15) is 4.79 Å². The summed E-state index contributed by atoms with van der Waals surface area (Å²) in [4.78, 5) is 11.7. The molecule has 3 N–H and O–H groups in total. The molecular weight excluding hydrogens is 244 g/mol. The molecule has 0 aliphatic rings. The van der Waals surface area contributed by atoms with Crippen molar-refractivity contribution in [2.75, 3.05) is 19.0 Å². The van der Waals surface area contributed by atoms with Crippen LogP contribution >= 0.6 is 0 Å². The summed E-state index contributed by atoms with van der Waals surface area (Å²) in [6, 6.07) is 8.33. The minimum atomic E-state index is -0.339. The largest absolute Gasteiger partial charge is 0.380 e. The number of carbonyl (C=O) groups excluding carboxylic acids is 1. The molecule has 0 saturated heterocycles. The third kappa shape index (κ3) is 4.07. The van der Waals surface area contributed by atoms with E-state index in [-0.39, 0.29) is 36.1 Å². The number of hydrogen-bond acceptors (Lipinski definition) is 5. The van der Waals surface area contributed by atoms with Gasteiger partial charge in [-0.15, -0.1) is 0 Å². The Labute approximate surface area is 111 Å². The zero-order valence-corrected chi connectivity index (χ0v) is 10.5. The van der Waals surface area contributed by atoms with Crippen molar-refractivity contribution in [3.63, 3.8) is 0 Å². The van der Waals surface area contributed by atoms with Gasteiger partial charge in [0.25, 0.3) is 0 Å². The van der Waals surface area contributed by atoms with E-state index in [4.69, 9.17) is 21.0 Å². The van der Waals surface area contributed by atoms with Crippen LogP contribution in [-0.2, 0) is 9.53 Å². The summed E-state index contributed by atoms with van der Waals surface area (Å²) < 4.78 is 5.01. The molecule has 19 heavy (non-hydrogen) atoms. The number of anilines is 1. The first-order valence-electron chi connectivity index (χ1n) is 5.61. The van der Waals surface area contributed by atoms with Crippen molar-refractivity contribution in [1.29, 1.82) is 10.5 Å². The lowest BCUT2D eigenvalue weighted by atomic mass is 10.1. The second-order valence-corrected chi connectivity index (χ2v) is 3.83. The Morgan fingerprint density at radius 3 is 2.63 bits per heavy atom. The molecule has 0 aromatic heterocycles. The number of carbonyl (C=O) groups is 1. The van der Waals surface area contributed by atoms with Gasteiger partial charge in [-0.25, -0.2) is 0 Å². The van der Waals surface area contributed by atoms with E-state index < -0.39 is 0 Å². The van der Waals surface area contributed by atoms with Gasteiger partial charge >= 0.3 is 0 Å². The number of nitrogens with one attached hydrogen (secondary N) is 1. The molecule has 0 aliphatic heterocycles. The zero-order chi connectivity index (χ0) is 14.3. The number of ether oxygens (including phenoxy) is 1. The first-order chi connectivity index (χ1) is 9.14. The number of nitriles is 2. The summed E-state index contributed by atoms with van der Waals surface area (Å²) in [5, 5.41) is 20.3. The Kier molecular flexibility index (Phi) is 5.49. The lowest BCUT2D eigenvalue weighted by molar-refractivity contribution is -0.118. The maximum atomic E-state index is 11.7. The number of rotatable bonds is 5. The third-order valence-corrected chi connectivity index (χ3v) is 2.55. The number of nitrogens with zero attached hydrogens (tertiary/aromatic N) is 2. The highest BCUT2D eigenvalue weighted by Gasteiger charge is 2.12. The van der Waals surface area contributed by atoms with Gasteiger partial charge in [0.1, 0.15) is 12.1 Å². The van der Waals surface area contributed by atoms with Crippen molar-refractivity contribution in [3.05, 3.63) is 29.3 Å². The second-order valence-electron chi connectivity index (χ2n) is 3.83. The summed E-state index contributed by atoms with van der Waals surface area (Å²) >= 11 is 0. The van der Waals surface area contributed by atoms with Crippen LogP contribution in [0.25, 0.3) is 0 Å². The van der Waals surface area contributed by atoms with E-state index in [0.717, 1.165) is 0 Å². The highest BCUT2D eigenvalue weighted by atomic mass is 16.5. The molecule has 1 aromatic carbocycles. The molecule has 1 aromatic rings. The van der Waals surface area contributed by atoms with Gasteiger partial charge in [-0.1, -0.05) is 0 Å². The van der Waals surface area contributed by atoms with Gasteiger partial charge in [-0.2, -0.15) is 10.5 Å². The molecule has 0 radical (unpaired) electrons. The van der Waals surface area contributed by atoms with E-state index in [0.29, 0.717) is 5.69 Å². The number of hydrogen-bond donors (Lipinski definition) is 2.